The number of fused-ring (bicyclic) bond motifs is 1. The fraction of sp³-hybridized carbons (Fsp3) is 0.214. The molecule has 37 heavy (non-hydrogen) atoms. The van der Waals surface area contributed by atoms with Crippen LogP contribution < -0.4 is 10.2 Å². The molecular formula is C28H25FN4O3S. The van der Waals surface area contributed by atoms with E-state index < -0.39 is 12.0 Å². The Labute approximate surface area is 218 Å². The zero-order chi connectivity index (χ0) is 25.8. The Morgan fingerprint density at radius 2 is 1.92 bits per heavy atom. The van der Waals surface area contributed by atoms with Gasteiger partial charge in [0, 0.05) is 36.6 Å². The summed E-state index contributed by atoms with van der Waals surface area (Å²) in [4.78, 5) is 36.8. The quantitative estimate of drug-likeness (QED) is 0.349. The van der Waals surface area contributed by atoms with E-state index >= 15 is 0 Å². The van der Waals surface area contributed by atoms with Crippen LogP contribution in [0.2, 0.25) is 0 Å². The van der Waals surface area contributed by atoms with Crippen LogP contribution in [0, 0.1) is 5.82 Å². The fourth-order valence-electron chi connectivity index (χ4n) is 4.58. The van der Waals surface area contributed by atoms with Crippen molar-refractivity contribution in [3.05, 3.63) is 100 Å². The lowest BCUT2D eigenvalue weighted by atomic mass is 9.97. The average Bonchev–Trinajstić information content (AvgIpc) is 3.61. The molecule has 1 N–H and O–H groups in total. The van der Waals surface area contributed by atoms with Crippen molar-refractivity contribution < 1.29 is 18.7 Å². The molecule has 0 saturated heterocycles. The van der Waals surface area contributed by atoms with Gasteiger partial charge in [-0.05, 0) is 71.5 Å². The molecule has 1 aliphatic heterocycles. The van der Waals surface area contributed by atoms with Gasteiger partial charge in [-0.25, -0.2) is 14.2 Å². The van der Waals surface area contributed by atoms with Gasteiger partial charge in [-0.1, -0.05) is 12.1 Å². The number of thiazole rings is 1. The van der Waals surface area contributed by atoms with Crippen LogP contribution in [-0.4, -0.2) is 41.5 Å². The van der Waals surface area contributed by atoms with Gasteiger partial charge < -0.3 is 9.64 Å². The lowest BCUT2D eigenvalue weighted by Gasteiger charge is -2.25. The molecule has 2 aromatic heterocycles. The average molecular weight is 517 g/mol. The van der Waals surface area contributed by atoms with Crippen LogP contribution in [0.15, 0.2) is 71.8 Å². The highest BCUT2D eigenvalue weighted by Crippen LogP contribution is 2.36. The van der Waals surface area contributed by atoms with Gasteiger partial charge in [0.25, 0.3) is 0 Å². The summed E-state index contributed by atoms with van der Waals surface area (Å²) in [5.41, 5.74) is 7.05. The number of ether oxygens (including phenoxy) is 1. The molecule has 0 bridgehead atoms. The number of rotatable bonds is 8. The summed E-state index contributed by atoms with van der Waals surface area (Å²) >= 11 is 1.49. The number of nitrogens with zero attached hydrogens (tertiary/aromatic N) is 3. The maximum atomic E-state index is 14.0. The van der Waals surface area contributed by atoms with Crippen molar-refractivity contribution in [1.82, 2.24) is 15.3 Å². The van der Waals surface area contributed by atoms with Crippen LogP contribution in [0.4, 0.5) is 10.1 Å². The van der Waals surface area contributed by atoms with Gasteiger partial charge in [-0.2, -0.15) is 0 Å². The minimum Gasteiger partial charge on any atom is -0.465 e. The Morgan fingerprint density at radius 1 is 1.14 bits per heavy atom. The van der Waals surface area contributed by atoms with Crippen molar-refractivity contribution >= 4 is 28.9 Å². The van der Waals surface area contributed by atoms with E-state index in [1.807, 2.05) is 29.6 Å². The number of carbonyl (C=O) groups is 2. The molecule has 1 aliphatic rings. The van der Waals surface area contributed by atoms with Gasteiger partial charge in [0.05, 0.1) is 29.9 Å². The Hall–Kier alpha value is -3.95. The second-order valence-corrected chi connectivity index (χ2v) is 9.45. The second-order valence-electron chi connectivity index (χ2n) is 8.73. The van der Waals surface area contributed by atoms with Gasteiger partial charge >= 0.3 is 5.97 Å². The number of hydrogen-bond acceptors (Lipinski definition) is 7. The van der Waals surface area contributed by atoms with Gasteiger partial charge in [-0.15, -0.1) is 11.3 Å². The normalized spacial score (nSPS) is 13.3. The Kier molecular flexibility index (Phi) is 7.34. The van der Waals surface area contributed by atoms with E-state index in [-0.39, 0.29) is 11.7 Å². The number of amides is 1. The summed E-state index contributed by atoms with van der Waals surface area (Å²) in [6.07, 6.45) is 4.29. The first kappa shape index (κ1) is 24.7. The third-order valence-electron chi connectivity index (χ3n) is 6.45. The molecule has 4 aromatic rings. The highest BCUT2D eigenvalue weighted by atomic mass is 32.1. The predicted molar refractivity (Wildman–Crippen MR) is 140 cm³/mol. The van der Waals surface area contributed by atoms with E-state index in [4.69, 9.17) is 4.74 Å². The van der Waals surface area contributed by atoms with Crippen molar-refractivity contribution in [2.75, 3.05) is 18.6 Å². The van der Waals surface area contributed by atoms with E-state index in [9.17, 15) is 14.0 Å². The maximum Gasteiger partial charge on any atom is 0.338 e. The molecule has 0 fully saturated rings. The Balaban J connectivity index is 1.49. The molecular weight excluding hydrogens is 491 g/mol. The molecule has 2 aromatic carbocycles. The van der Waals surface area contributed by atoms with Crippen LogP contribution in [0.3, 0.4) is 0 Å². The Morgan fingerprint density at radius 3 is 2.62 bits per heavy atom. The highest BCUT2D eigenvalue weighted by Gasteiger charge is 2.33. The number of esters is 1. The number of anilines is 1. The summed E-state index contributed by atoms with van der Waals surface area (Å²) in [5.74, 6) is -0.888. The molecule has 0 radical (unpaired) electrons. The first-order chi connectivity index (χ1) is 18.0. The molecule has 188 valence electrons. The molecule has 0 aliphatic carbocycles. The van der Waals surface area contributed by atoms with Gasteiger partial charge in [0.15, 0.2) is 0 Å². The minimum atomic E-state index is -0.579. The van der Waals surface area contributed by atoms with Crippen LogP contribution in [0.1, 0.15) is 27.2 Å². The second kappa shape index (κ2) is 11.0. The van der Waals surface area contributed by atoms with Crippen molar-refractivity contribution in [1.29, 1.82) is 0 Å². The zero-order valence-corrected chi connectivity index (χ0v) is 21.0. The number of benzene rings is 2. The lowest BCUT2D eigenvalue weighted by molar-refractivity contribution is -0.120. The SMILES string of the molecule is COC(=O)c1cc(-c2ccncc2)cc2c1CCN2C(=O)[C@H](Cc1ccc(F)cc1)NCc1cscn1. The monoisotopic (exact) mass is 516 g/mol. The molecule has 0 saturated carbocycles. The van der Waals surface area contributed by atoms with E-state index in [1.54, 1.807) is 34.9 Å². The van der Waals surface area contributed by atoms with Crippen LogP contribution in [0.25, 0.3) is 11.1 Å². The molecule has 7 nitrogen and oxygen atoms in total. The van der Waals surface area contributed by atoms with Crippen LogP contribution in [0.5, 0.6) is 0 Å². The number of hydrogen-bond donors (Lipinski definition) is 1. The molecule has 1 amide bonds. The van der Waals surface area contributed by atoms with Crippen molar-refractivity contribution in [2.45, 2.75) is 25.4 Å². The molecule has 3 heterocycles. The topological polar surface area (TPSA) is 84.4 Å². The van der Waals surface area contributed by atoms with Gasteiger partial charge in [0.2, 0.25) is 5.91 Å². The number of carbonyl (C=O) groups excluding carboxylic acids is 2. The third kappa shape index (κ3) is 5.42. The molecule has 1 atom stereocenters. The number of pyridine rings is 1. The molecule has 5 rings (SSSR count). The summed E-state index contributed by atoms with van der Waals surface area (Å²) in [6.45, 7) is 0.864. The van der Waals surface area contributed by atoms with Gasteiger partial charge in [-0.3, -0.25) is 15.1 Å². The number of aromatic nitrogens is 2. The van der Waals surface area contributed by atoms with Crippen LogP contribution >= 0.6 is 11.3 Å². The van der Waals surface area contributed by atoms with E-state index in [0.717, 1.165) is 27.9 Å². The third-order valence-corrected chi connectivity index (χ3v) is 7.09. The van der Waals surface area contributed by atoms with Gasteiger partial charge in [0.1, 0.15) is 5.82 Å². The molecule has 0 unspecified atom stereocenters. The van der Waals surface area contributed by atoms with E-state index in [1.165, 1.54) is 30.6 Å². The summed E-state index contributed by atoms with van der Waals surface area (Å²) in [6, 6.07) is 13.1. The first-order valence-electron chi connectivity index (χ1n) is 11.9. The van der Waals surface area contributed by atoms with Crippen molar-refractivity contribution in [2.24, 2.45) is 0 Å². The van der Waals surface area contributed by atoms with Crippen molar-refractivity contribution in [3.63, 3.8) is 0 Å². The van der Waals surface area contributed by atoms with E-state index in [2.05, 4.69) is 15.3 Å². The predicted octanol–water partition coefficient (Wildman–Crippen LogP) is 4.42. The lowest BCUT2D eigenvalue weighted by Crippen LogP contribution is -2.47. The summed E-state index contributed by atoms with van der Waals surface area (Å²) < 4.78 is 18.6. The number of halogens is 1. The smallest absolute Gasteiger partial charge is 0.338 e. The van der Waals surface area contributed by atoms with E-state index in [0.29, 0.717) is 37.2 Å². The molecule has 9 heteroatoms. The number of nitrogens with one attached hydrogen (secondary N) is 1. The molecule has 0 spiro atoms. The fourth-order valence-corrected chi connectivity index (χ4v) is 5.14. The van der Waals surface area contributed by atoms with Crippen LogP contribution in [-0.2, 0) is 28.9 Å². The first-order valence-corrected chi connectivity index (χ1v) is 12.8. The number of methoxy groups -OCH3 is 1. The zero-order valence-electron chi connectivity index (χ0n) is 20.2. The highest BCUT2D eigenvalue weighted by molar-refractivity contribution is 7.07. The summed E-state index contributed by atoms with van der Waals surface area (Å²) in [5, 5.41) is 5.28. The minimum absolute atomic E-state index is 0.124. The van der Waals surface area contributed by atoms with Crippen molar-refractivity contribution in [3.8, 4) is 11.1 Å². The Bertz CT molecular complexity index is 1400. The maximum absolute atomic E-state index is 14.0. The summed E-state index contributed by atoms with van der Waals surface area (Å²) in [7, 11) is 1.35. The standard InChI is InChI=1S/C28H25FN4O3S/c1-36-28(35)24-13-20(19-6-9-30-10-7-19)14-26-23(24)8-11-33(26)27(34)25(31-15-22-16-37-17-32-22)12-18-2-4-21(29)5-3-18/h2-7,9-10,13-14,16-17,25,31H,8,11-12,15H2,1H3/t25-/m0/s1. The largest absolute Gasteiger partial charge is 0.465 e.